The lowest BCUT2D eigenvalue weighted by atomic mass is 10.2. The summed E-state index contributed by atoms with van der Waals surface area (Å²) in [5.41, 5.74) is 0.479. The first-order valence-corrected chi connectivity index (χ1v) is 3.89. The van der Waals surface area contributed by atoms with E-state index in [9.17, 15) is 4.79 Å². The van der Waals surface area contributed by atoms with E-state index in [0.29, 0.717) is 18.2 Å². The van der Waals surface area contributed by atoms with Gasteiger partial charge in [0.1, 0.15) is 12.3 Å². The van der Waals surface area contributed by atoms with Crippen LogP contribution < -0.4 is 10.1 Å². The van der Waals surface area contributed by atoms with Gasteiger partial charge in [-0.25, -0.2) is 4.79 Å². The Morgan fingerprint density at radius 1 is 1.77 bits per heavy atom. The third kappa shape index (κ3) is 1.20. The number of carbonyl (C=O) groups is 1. The molecule has 2 rings (SSSR count). The highest BCUT2D eigenvalue weighted by Crippen LogP contribution is 2.29. The molecule has 0 unspecified atom stereocenters. The van der Waals surface area contributed by atoms with Gasteiger partial charge in [0.2, 0.25) is 0 Å². The Morgan fingerprint density at radius 2 is 2.54 bits per heavy atom. The van der Waals surface area contributed by atoms with Crippen LogP contribution in [0, 0.1) is 0 Å². The minimum Gasteiger partial charge on any atom is -0.476 e. The normalized spacial score (nSPS) is 19.9. The monoisotopic (exact) mass is 183 g/mol. The summed E-state index contributed by atoms with van der Waals surface area (Å²) in [6.07, 6.45) is 0. The van der Waals surface area contributed by atoms with E-state index < -0.39 is 5.97 Å². The molecular weight excluding hydrogens is 174 g/mol. The standard InChI is InChI=1S/C7H9N3O3/c1-3-2-13-6-4(8-3)5(7(11)12)9-10-6/h3,8H,2H2,1H3,(H,9,10)(H,11,12)/t3-/m1/s1. The first kappa shape index (κ1) is 7.90. The molecular formula is C7H9N3O3. The van der Waals surface area contributed by atoms with Gasteiger partial charge in [-0.05, 0) is 6.92 Å². The molecule has 6 heteroatoms. The highest BCUT2D eigenvalue weighted by atomic mass is 16.5. The minimum atomic E-state index is -1.04. The molecule has 0 saturated carbocycles. The number of carboxylic acid groups (broad SMARTS) is 1. The SMILES string of the molecule is C[C@@H]1COc2n[nH]c(C(=O)O)c2N1. The molecule has 0 saturated heterocycles. The average Bonchev–Trinajstić information content (AvgIpc) is 2.46. The van der Waals surface area contributed by atoms with E-state index in [1.807, 2.05) is 6.92 Å². The molecule has 0 radical (unpaired) electrons. The van der Waals surface area contributed by atoms with Gasteiger partial charge in [-0.1, -0.05) is 0 Å². The van der Waals surface area contributed by atoms with Crippen molar-refractivity contribution in [2.45, 2.75) is 13.0 Å². The van der Waals surface area contributed by atoms with Crippen LogP contribution in [0.3, 0.4) is 0 Å². The van der Waals surface area contributed by atoms with Crippen LogP contribution in [0.4, 0.5) is 5.69 Å². The molecule has 1 aliphatic heterocycles. The fraction of sp³-hybridized carbons (Fsp3) is 0.429. The second-order valence-corrected chi connectivity index (χ2v) is 2.94. The minimum absolute atomic E-state index is 0.0431. The van der Waals surface area contributed by atoms with Gasteiger partial charge in [-0.2, -0.15) is 0 Å². The number of anilines is 1. The average molecular weight is 183 g/mol. The number of rotatable bonds is 1. The lowest BCUT2D eigenvalue weighted by Crippen LogP contribution is -2.28. The maximum atomic E-state index is 10.7. The molecule has 0 fully saturated rings. The Morgan fingerprint density at radius 3 is 3.23 bits per heavy atom. The first-order valence-electron chi connectivity index (χ1n) is 3.89. The second kappa shape index (κ2) is 2.65. The second-order valence-electron chi connectivity index (χ2n) is 2.94. The van der Waals surface area contributed by atoms with Gasteiger partial charge in [-0.3, -0.25) is 5.10 Å². The maximum absolute atomic E-state index is 10.7. The van der Waals surface area contributed by atoms with Crippen molar-refractivity contribution in [3.05, 3.63) is 5.69 Å². The topological polar surface area (TPSA) is 87.2 Å². The Balaban J connectivity index is 2.41. The van der Waals surface area contributed by atoms with Crippen LogP contribution >= 0.6 is 0 Å². The Labute approximate surface area is 73.9 Å². The van der Waals surface area contributed by atoms with Crippen LogP contribution in [0.25, 0.3) is 0 Å². The molecule has 1 aromatic heterocycles. The quantitative estimate of drug-likeness (QED) is 0.582. The zero-order valence-electron chi connectivity index (χ0n) is 7.00. The third-order valence-corrected chi connectivity index (χ3v) is 1.81. The summed E-state index contributed by atoms with van der Waals surface area (Å²) in [5, 5.41) is 17.9. The van der Waals surface area contributed by atoms with Gasteiger partial charge in [-0.15, -0.1) is 5.10 Å². The van der Waals surface area contributed by atoms with E-state index >= 15 is 0 Å². The van der Waals surface area contributed by atoms with Crippen LogP contribution in [-0.2, 0) is 0 Å². The largest absolute Gasteiger partial charge is 0.476 e. The maximum Gasteiger partial charge on any atom is 0.356 e. The van der Waals surface area contributed by atoms with Crippen LogP contribution in [-0.4, -0.2) is 33.9 Å². The number of carboxylic acids is 1. The zero-order chi connectivity index (χ0) is 9.42. The van der Waals surface area contributed by atoms with E-state index in [4.69, 9.17) is 9.84 Å². The van der Waals surface area contributed by atoms with E-state index in [1.165, 1.54) is 0 Å². The Hall–Kier alpha value is -1.72. The summed E-state index contributed by atoms with van der Waals surface area (Å²) in [7, 11) is 0. The lowest BCUT2D eigenvalue weighted by Gasteiger charge is -2.20. The number of hydrogen-bond acceptors (Lipinski definition) is 4. The molecule has 1 atom stereocenters. The highest BCUT2D eigenvalue weighted by Gasteiger charge is 2.25. The number of hydrogen-bond donors (Lipinski definition) is 3. The van der Waals surface area contributed by atoms with Crippen LogP contribution in [0.5, 0.6) is 5.88 Å². The van der Waals surface area contributed by atoms with E-state index in [2.05, 4.69) is 15.5 Å². The van der Waals surface area contributed by atoms with Crippen LogP contribution in [0.15, 0.2) is 0 Å². The number of fused-ring (bicyclic) bond motifs is 1. The fourth-order valence-corrected chi connectivity index (χ4v) is 1.21. The number of ether oxygens (including phenoxy) is 1. The van der Waals surface area contributed by atoms with Crippen molar-refractivity contribution in [3.8, 4) is 5.88 Å². The van der Waals surface area contributed by atoms with Gasteiger partial charge >= 0.3 is 5.97 Å². The van der Waals surface area contributed by atoms with Crippen molar-refractivity contribution >= 4 is 11.7 Å². The van der Waals surface area contributed by atoms with Gasteiger partial charge in [0.15, 0.2) is 5.69 Å². The van der Waals surface area contributed by atoms with Gasteiger partial charge in [0, 0.05) is 0 Å². The summed E-state index contributed by atoms with van der Waals surface area (Å²) in [4.78, 5) is 10.7. The van der Waals surface area contributed by atoms with E-state index in [0.717, 1.165) is 0 Å². The molecule has 0 aromatic carbocycles. The number of aromatic nitrogens is 2. The molecule has 13 heavy (non-hydrogen) atoms. The summed E-state index contributed by atoms with van der Waals surface area (Å²) >= 11 is 0. The fourth-order valence-electron chi connectivity index (χ4n) is 1.21. The zero-order valence-corrected chi connectivity index (χ0v) is 7.00. The first-order chi connectivity index (χ1) is 6.18. The number of aromatic carboxylic acids is 1. The molecule has 0 spiro atoms. The summed E-state index contributed by atoms with van der Waals surface area (Å²) in [5.74, 6) is -0.713. The number of nitrogens with zero attached hydrogens (tertiary/aromatic N) is 1. The molecule has 0 aliphatic carbocycles. The van der Waals surface area contributed by atoms with Gasteiger partial charge in [0.25, 0.3) is 5.88 Å². The molecule has 0 amide bonds. The van der Waals surface area contributed by atoms with Gasteiger partial charge in [0.05, 0.1) is 6.04 Å². The number of nitrogens with one attached hydrogen (secondary N) is 2. The van der Waals surface area contributed by atoms with Crippen molar-refractivity contribution in [3.63, 3.8) is 0 Å². The number of H-pyrrole nitrogens is 1. The Bertz CT molecular complexity index is 347. The molecule has 0 bridgehead atoms. The molecule has 6 nitrogen and oxygen atoms in total. The van der Waals surface area contributed by atoms with Crippen molar-refractivity contribution in [2.24, 2.45) is 0 Å². The number of aromatic amines is 1. The van der Waals surface area contributed by atoms with Crippen molar-refractivity contribution in [1.29, 1.82) is 0 Å². The highest BCUT2D eigenvalue weighted by molar-refractivity contribution is 5.93. The summed E-state index contributed by atoms with van der Waals surface area (Å²) < 4.78 is 5.20. The van der Waals surface area contributed by atoms with E-state index in [1.54, 1.807) is 0 Å². The molecule has 1 aliphatic rings. The van der Waals surface area contributed by atoms with Crippen LogP contribution in [0.1, 0.15) is 17.4 Å². The van der Waals surface area contributed by atoms with Crippen molar-refractivity contribution < 1.29 is 14.6 Å². The van der Waals surface area contributed by atoms with E-state index in [-0.39, 0.29) is 11.7 Å². The predicted octanol–water partition coefficient (Wildman–Crippen LogP) is 0.301. The van der Waals surface area contributed by atoms with Crippen molar-refractivity contribution in [2.75, 3.05) is 11.9 Å². The molecule has 2 heterocycles. The lowest BCUT2D eigenvalue weighted by molar-refractivity contribution is 0.0691. The van der Waals surface area contributed by atoms with Crippen LogP contribution in [0.2, 0.25) is 0 Å². The van der Waals surface area contributed by atoms with Gasteiger partial charge < -0.3 is 15.2 Å². The predicted molar refractivity (Wildman–Crippen MR) is 44.1 cm³/mol. The molecule has 3 N–H and O–H groups in total. The third-order valence-electron chi connectivity index (χ3n) is 1.81. The summed E-state index contributed by atoms with van der Waals surface area (Å²) in [6.45, 7) is 2.40. The van der Waals surface area contributed by atoms with Crippen molar-refractivity contribution in [1.82, 2.24) is 10.2 Å². The Kier molecular flexibility index (Phi) is 1.61. The molecule has 1 aromatic rings. The molecule has 70 valence electrons. The smallest absolute Gasteiger partial charge is 0.356 e. The summed E-state index contributed by atoms with van der Waals surface area (Å²) in [6, 6.07) is 0.100.